The van der Waals surface area contributed by atoms with Crippen LogP contribution in [0.3, 0.4) is 0 Å². The van der Waals surface area contributed by atoms with Crippen LogP contribution in [0.25, 0.3) is 21.7 Å². The maximum absolute atomic E-state index is 13.2. The number of nitrogens with one attached hydrogen (secondary N) is 3. The van der Waals surface area contributed by atoms with Gasteiger partial charge in [-0.25, -0.2) is 8.42 Å². The zero-order chi connectivity index (χ0) is 26.0. The van der Waals surface area contributed by atoms with Crippen LogP contribution in [0, 0.1) is 5.41 Å². The summed E-state index contributed by atoms with van der Waals surface area (Å²) >= 11 is 0. The van der Waals surface area contributed by atoms with E-state index in [1.807, 2.05) is 12.1 Å². The molecule has 0 saturated heterocycles. The highest BCUT2D eigenvalue weighted by Crippen LogP contribution is 2.27. The SMILES string of the molecule is Cl.N=C(N)c1ccc(CNC(=O)c2cccc3cc(S(=O)(=O)Nc4cccc5cccnc45)ccc23)cc1. The largest absolute Gasteiger partial charge is 0.384 e. The van der Waals surface area contributed by atoms with E-state index >= 15 is 0 Å². The second-order valence-electron chi connectivity index (χ2n) is 8.47. The number of carbonyl (C=O) groups excluding carboxylic acids is 1. The molecular weight excluding hydrogens is 522 g/mol. The first-order chi connectivity index (χ1) is 17.8. The van der Waals surface area contributed by atoms with Gasteiger partial charge in [0.2, 0.25) is 0 Å². The van der Waals surface area contributed by atoms with Gasteiger partial charge in [-0.3, -0.25) is 19.9 Å². The quantitative estimate of drug-likeness (QED) is 0.171. The molecule has 0 unspecified atom stereocenters. The average molecular weight is 546 g/mol. The van der Waals surface area contributed by atoms with Gasteiger partial charge >= 0.3 is 0 Å². The van der Waals surface area contributed by atoms with Crippen molar-refractivity contribution in [1.82, 2.24) is 10.3 Å². The number of amides is 1. The topological polar surface area (TPSA) is 138 Å². The molecule has 1 heterocycles. The number of carbonyl (C=O) groups is 1. The lowest BCUT2D eigenvalue weighted by Crippen LogP contribution is -2.23. The molecule has 1 aromatic heterocycles. The Morgan fingerprint density at radius 2 is 1.61 bits per heavy atom. The molecule has 0 aliphatic heterocycles. The Bertz CT molecular complexity index is 1770. The van der Waals surface area contributed by atoms with Crippen LogP contribution < -0.4 is 15.8 Å². The van der Waals surface area contributed by atoms with Gasteiger partial charge in [-0.05, 0) is 46.7 Å². The van der Waals surface area contributed by atoms with Gasteiger partial charge in [0.15, 0.2) is 0 Å². The number of hydrogen-bond acceptors (Lipinski definition) is 5. The fourth-order valence-electron chi connectivity index (χ4n) is 4.10. The predicted molar refractivity (Wildman–Crippen MR) is 152 cm³/mol. The van der Waals surface area contributed by atoms with E-state index in [-0.39, 0.29) is 29.0 Å². The Hall–Kier alpha value is -4.47. The highest BCUT2D eigenvalue weighted by molar-refractivity contribution is 7.92. The van der Waals surface area contributed by atoms with Gasteiger partial charge in [0.1, 0.15) is 5.84 Å². The summed E-state index contributed by atoms with van der Waals surface area (Å²) in [5.41, 5.74) is 8.34. The van der Waals surface area contributed by atoms with Crippen molar-refractivity contribution in [1.29, 1.82) is 5.41 Å². The number of sulfonamides is 1. The number of halogens is 1. The minimum absolute atomic E-state index is 0. The van der Waals surface area contributed by atoms with Crippen LogP contribution in [0.2, 0.25) is 0 Å². The Morgan fingerprint density at radius 1 is 0.895 bits per heavy atom. The van der Waals surface area contributed by atoms with E-state index in [2.05, 4.69) is 15.0 Å². The lowest BCUT2D eigenvalue weighted by Gasteiger charge is -2.12. The molecule has 0 spiro atoms. The van der Waals surface area contributed by atoms with Crippen molar-refractivity contribution in [3.05, 3.63) is 114 Å². The van der Waals surface area contributed by atoms with E-state index in [1.165, 1.54) is 6.07 Å². The monoisotopic (exact) mass is 545 g/mol. The van der Waals surface area contributed by atoms with Gasteiger partial charge in [0.05, 0.1) is 16.1 Å². The average Bonchev–Trinajstić information content (AvgIpc) is 2.91. The van der Waals surface area contributed by atoms with Crippen LogP contribution in [0.5, 0.6) is 0 Å². The van der Waals surface area contributed by atoms with E-state index in [0.29, 0.717) is 39.6 Å². The molecule has 0 aliphatic rings. The van der Waals surface area contributed by atoms with Gasteiger partial charge in [-0.15, -0.1) is 12.4 Å². The van der Waals surface area contributed by atoms with Gasteiger partial charge in [-0.2, -0.15) is 0 Å². The lowest BCUT2D eigenvalue weighted by molar-refractivity contribution is 0.0952. The Labute approximate surface area is 225 Å². The number of aromatic nitrogens is 1. The second-order valence-corrected chi connectivity index (χ2v) is 10.2. The minimum Gasteiger partial charge on any atom is -0.384 e. The summed E-state index contributed by atoms with van der Waals surface area (Å²) in [7, 11) is -3.90. The number of rotatable bonds is 7. The number of amidine groups is 1. The van der Waals surface area contributed by atoms with E-state index in [1.54, 1.807) is 79.0 Å². The molecule has 0 saturated carbocycles. The number of nitrogen functional groups attached to an aromatic ring is 1. The maximum Gasteiger partial charge on any atom is 0.261 e. The first-order valence-electron chi connectivity index (χ1n) is 11.4. The molecule has 38 heavy (non-hydrogen) atoms. The fourth-order valence-corrected chi connectivity index (χ4v) is 5.20. The zero-order valence-electron chi connectivity index (χ0n) is 20.0. The van der Waals surface area contributed by atoms with Crippen molar-refractivity contribution in [3.63, 3.8) is 0 Å². The highest BCUT2D eigenvalue weighted by Gasteiger charge is 2.18. The van der Waals surface area contributed by atoms with Crippen LogP contribution in [-0.2, 0) is 16.6 Å². The first-order valence-corrected chi connectivity index (χ1v) is 12.9. The predicted octanol–water partition coefficient (Wildman–Crippen LogP) is 4.82. The molecule has 5 rings (SSSR count). The normalized spacial score (nSPS) is 11.1. The second kappa shape index (κ2) is 10.9. The van der Waals surface area contributed by atoms with Crippen LogP contribution in [0.1, 0.15) is 21.5 Å². The van der Waals surface area contributed by atoms with Crippen molar-refractivity contribution in [2.75, 3.05) is 4.72 Å². The van der Waals surface area contributed by atoms with Crippen molar-refractivity contribution < 1.29 is 13.2 Å². The minimum atomic E-state index is -3.90. The molecule has 4 aromatic carbocycles. The summed E-state index contributed by atoms with van der Waals surface area (Å²) in [6, 6.07) is 25.9. The number of hydrogen-bond donors (Lipinski definition) is 4. The molecule has 0 fully saturated rings. The van der Waals surface area contributed by atoms with Crippen LogP contribution in [-0.4, -0.2) is 25.1 Å². The summed E-state index contributed by atoms with van der Waals surface area (Å²) in [6.07, 6.45) is 1.61. The van der Waals surface area contributed by atoms with E-state index in [0.717, 1.165) is 10.9 Å². The third kappa shape index (κ3) is 5.44. The summed E-state index contributed by atoms with van der Waals surface area (Å²) < 4.78 is 29.0. The lowest BCUT2D eigenvalue weighted by atomic mass is 10.0. The number of anilines is 1. The molecule has 0 bridgehead atoms. The van der Waals surface area contributed by atoms with Crippen molar-refractivity contribution >= 4 is 61.5 Å². The van der Waals surface area contributed by atoms with Crippen molar-refractivity contribution in [3.8, 4) is 0 Å². The van der Waals surface area contributed by atoms with Crippen molar-refractivity contribution in [2.45, 2.75) is 11.4 Å². The standard InChI is InChI=1S/C28H23N5O3S.ClH/c29-27(30)20-11-9-18(10-12-20)17-32-28(34)24-7-1-5-21-16-22(13-14-23(21)24)37(35,36)33-25-8-2-4-19-6-3-15-31-26(19)25;/h1-16,33H,17H2,(H3,29,30)(H,32,34);1H. The smallest absolute Gasteiger partial charge is 0.261 e. The highest BCUT2D eigenvalue weighted by atomic mass is 35.5. The van der Waals surface area contributed by atoms with Crippen LogP contribution in [0.15, 0.2) is 102 Å². The maximum atomic E-state index is 13.2. The molecule has 10 heteroatoms. The van der Waals surface area contributed by atoms with Gasteiger partial charge in [0, 0.05) is 29.3 Å². The first kappa shape index (κ1) is 26.6. The molecule has 8 nitrogen and oxygen atoms in total. The summed E-state index contributed by atoms with van der Waals surface area (Å²) in [4.78, 5) is 17.3. The number of para-hydroxylation sites is 1. The Balaban J connectivity index is 0.00000336. The summed E-state index contributed by atoms with van der Waals surface area (Å²) in [5.74, 6) is -0.298. The molecule has 0 radical (unpaired) electrons. The molecule has 5 N–H and O–H groups in total. The van der Waals surface area contributed by atoms with Gasteiger partial charge in [-0.1, -0.05) is 60.7 Å². The summed E-state index contributed by atoms with van der Waals surface area (Å²) in [5, 5.41) is 12.4. The van der Waals surface area contributed by atoms with E-state index < -0.39 is 10.0 Å². The Kier molecular flexibility index (Phi) is 7.61. The van der Waals surface area contributed by atoms with Crippen molar-refractivity contribution in [2.24, 2.45) is 5.73 Å². The molecule has 5 aromatic rings. The van der Waals surface area contributed by atoms with E-state index in [4.69, 9.17) is 11.1 Å². The number of nitrogens with zero attached hydrogens (tertiary/aromatic N) is 1. The van der Waals surface area contributed by atoms with Crippen LogP contribution >= 0.6 is 12.4 Å². The molecular formula is C28H24ClN5O3S. The number of benzene rings is 4. The van der Waals surface area contributed by atoms with E-state index in [9.17, 15) is 13.2 Å². The number of pyridine rings is 1. The molecule has 0 aliphatic carbocycles. The zero-order valence-corrected chi connectivity index (χ0v) is 21.6. The third-order valence-corrected chi connectivity index (χ3v) is 7.37. The van der Waals surface area contributed by atoms with Gasteiger partial charge in [0.25, 0.3) is 15.9 Å². The molecule has 0 atom stereocenters. The summed E-state index contributed by atoms with van der Waals surface area (Å²) in [6.45, 7) is 0.295. The Morgan fingerprint density at radius 3 is 2.37 bits per heavy atom. The van der Waals surface area contributed by atoms with Gasteiger partial charge < -0.3 is 11.1 Å². The molecule has 192 valence electrons. The van der Waals surface area contributed by atoms with Crippen LogP contribution in [0.4, 0.5) is 5.69 Å². The third-order valence-electron chi connectivity index (χ3n) is 6.00. The molecule has 1 amide bonds. The number of nitrogens with two attached hydrogens (primary N) is 1. The fraction of sp³-hybridized carbons (Fsp3) is 0.0357. The number of fused-ring (bicyclic) bond motifs is 2.